The fraction of sp³-hybridized carbons (Fsp3) is 0.900. The zero-order valence-electron chi connectivity index (χ0n) is 16.4. The van der Waals surface area contributed by atoms with Gasteiger partial charge in [-0.3, -0.25) is 14.5 Å². The third-order valence-electron chi connectivity index (χ3n) is 6.96. The van der Waals surface area contributed by atoms with Gasteiger partial charge < -0.3 is 15.1 Å². The molecular formula is C20H35ClN4O2. The average molecular weight is 399 g/mol. The van der Waals surface area contributed by atoms with Crippen LogP contribution >= 0.6 is 12.4 Å². The monoisotopic (exact) mass is 398 g/mol. The van der Waals surface area contributed by atoms with Crippen LogP contribution in [0, 0.1) is 11.8 Å². The smallest absolute Gasteiger partial charge is 0.226 e. The molecule has 3 unspecified atom stereocenters. The topological polar surface area (TPSA) is 55.9 Å². The third kappa shape index (κ3) is 4.60. The molecular weight excluding hydrogens is 364 g/mol. The lowest BCUT2D eigenvalue weighted by molar-refractivity contribution is -0.147. The molecule has 0 aromatic rings. The molecule has 0 aromatic carbocycles. The Morgan fingerprint density at radius 1 is 0.704 bits per heavy atom. The van der Waals surface area contributed by atoms with Gasteiger partial charge in [-0.25, -0.2) is 0 Å². The molecule has 27 heavy (non-hydrogen) atoms. The fourth-order valence-electron chi connectivity index (χ4n) is 5.42. The van der Waals surface area contributed by atoms with Gasteiger partial charge in [-0.2, -0.15) is 0 Å². The molecule has 3 aliphatic heterocycles. The van der Waals surface area contributed by atoms with Crippen molar-refractivity contribution in [3.63, 3.8) is 0 Å². The number of amides is 2. The predicted molar refractivity (Wildman–Crippen MR) is 108 cm³/mol. The molecule has 4 rings (SSSR count). The Hall–Kier alpha value is -0.850. The summed E-state index contributed by atoms with van der Waals surface area (Å²) in [6.07, 6.45) is 7.32. The van der Waals surface area contributed by atoms with Crippen LogP contribution in [-0.4, -0.2) is 84.9 Å². The van der Waals surface area contributed by atoms with Gasteiger partial charge in [0.15, 0.2) is 0 Å². The Balaban J connectivity index is 0.00000210. The van der Waals surface area contributed by atoms with Crippen LogP contribution in [0.2, 0.25) is 0 Å². The molecule has 0 aromatic heterocycles. The van der Waals surface area contributed by atoms with Crippen molar-refractivity contribution in [2.24, 2.45) is 11.8 Å². The van der Waals surface area contributed by atoms with Gasteiger partial charge in [0.2, 0.25) is 11.8 Å². The summed E-state index contributed by atoms with van der Waals surface area (Å²) in [5, 5.41) is 3.40. The molecule has 0 spiro atoms. The molecule has 1 aliphatic carbocycles. The van der Waals surface area contributed by atoms with Crippen LogP contribution in [0.3, 0.4) is 0 Å². The minimum atomic E-state index is -0.0707. The molecule has 1 N–H and O–H groups in total. The molecule has 2 amide bonds. The fourth-order valence-corrected chi connectivity index (χ4v) is 5.42. The maximum absolute atomic E-state index is 13.3. The highest BCUT2D eigenvalue weighted by atomic mass is 35.5. The standard InChI is InChI=1S/C20H34N4O2.ClH/c25-19(23-10-3-4-11-23)17-5-1-2-6-18(17)20(26)24-12-7-16(15-24)22-13-8-21-9-14-22;/h16-18,21H,1-15H2;1H. The highest BCUT2D eigenvalue weighted by Crippen LogP contribution is 2.34. The maximum atomic E-state index is 13.3. The lowest BCUT2D eigenvalue weighted by Crippen LogP contribution is -2.50. The minimum absolute atomic E-state index is 0. The Bertz CT molecular complexity index is 520. The largest absolute Gasteiger partial charge is 0.342 e. The number of nitrogens with one attached hydrogen (secondary N) is 1. The molecule has 7 heteroatoms. The first kappa shape index (κ1) is 20.9. The SMILES string of the molecule is Cl.O=C(C1CCCCC1C(=O)N1CCC(N2CCNCC2)C1)N1CCCC1. The number of carbonyl (C=O) groups is 2. The normalized spacial score (nSPS) is 32.4. The van der Waals surface area contributed by atoms with Gasteiger partial charge in [0.05, 0.1) is 0 Å². The first-order chi connectivity index (χ1) is 12.7. The average Bonchev–Trinajstić information content (AvgIpc) is 3.40. The van der Waals surface area contributed by atoms with E-state index in [1.165, 1.54) is 0 Å². The molecule has 4 fully saturated rings. The van der Waals surface area contributed by atoms with E-state index in [0.29, 0.717) is 6.04 Å². The predicted octanol–water partition coefficient (Wildman–Crippen LogP) is 1.34. The van der Waals surface area contributed by atoms with Crippen LogP contribution in [0.1, 0.15) is 44.9 Å². The first-order valence-corrected chi connectivity index (χ1v) is 10.8. The summed E-state index contributed by atoms with van der Waals surface area (Å²) < 4.78 is 0. The van der Waals surface area contributed by atoms with Crippen molar-refractivity contribution >= 4 is 24.2 Å². The van der Waals surface area contributed by atoms with E-state index in [1.54, 1.807) is 0 Å². The summed E-state index contributed by atoms with van der Waals surface area (Å²) in [5.41, 5.74) is 0. The lowest BCUT2D eigenvalue weighted by atomic mass is 9.77. The van der Waals surface area contributed by atoms with Crippen molar-refractivity contribution in [1.82, 2.24) is 20.0 Å². The summed E-state index contributed by atoms with van der Waals surface area (Å²) in [7, 11) is 0. The minimum Gasteiger partial charge on any atom is -0.342 e. The molecule has 1 saturated carbocycles. The zero-order chi connectivity index (χ0) is 17.9. The Morgan fingerprint density at radius 3 is 1.93 bits per heavy atom. The molecule has 0 bridgehead atoms. The van der Waals surface area contributed by atoms with Crippen molar-refractivity contribution in [2.45, 2.75) is 51.0 Å². The molecule has 0 radical (unpaired) electrons. The lowest BCUT2D eigenvalue weighted by Gasteiger charge is -2.35. The highest BCUT2D eigenvalue weighted by molar-refractivity contribution is 5.88. The van der Waals surface area contributed by atoms with Crippen molar-refractivity contribution < 1.29 is 9.59 Å². The number of hydrogen-bond acceptors (Lipinski definition) is 4. The molecule has 4 aliphatic rings. The van der Waals surface area contributed by atoms with E-state index in [4.69, 9.17) is 0 Å². The Kier molecular flexibility index (Phi) is 7.40. The number of piperazine rings is 1. The summed E-state index contributed by atoms with van der Waals surface area (Å²) in [6.45, 7) is 7.81. The molecule has 3 saturated heterocycles. The van der Waals surface area contributed by atoms with Gasteiger partial charge in [-0.1, -0.05) is 12.8 Å². The van der Waals surface area contributed by atoms with Crippen molar-refractivity contribution in [3.05, 3.63) is 0 Å². The van der Waals surface area contributed by atoms with Crippen molar-refractivity contribution in [2.75, 3.05) is 52.4 Å². The second-order valence-electron chi connectivity index (χ2n) is 8.54. The zero-order valence-corrected chi connectivity index (χ0v) is 17.2. The van der Waals surface area contributed by atoms with E-state index in [-0.39, 0.29) is 36.1 Å². The Morgan fingerprint density at radius 2 is 1.30 bits per heavy atom. The number of hydrogen-bond donors (Lipinski definition) is 1. The summed E-state index contributed by atoms with van der Waals surface area (Å²) in [5.74, 6) is 0.393. The van der Waals surface area contributed by atoms with Crippen molar-refractivity contribution in [3.8, 4) is 0 Å². The van der Waals surface area contributed by atoms with E-state index in [1.807, 2.05) is 4.90 Å². The number of halogens is 1. The Labute approximate surface area is 169 Å². The van der Waals surface area contributed by atoms with E-state index >= 15 is 0 Å². The van der Waals surface area contributed by atoms with Crippen LogP contribution in [0.25, 0.3) is 0 Å². The summed E-state index contributed by atoms with van der Waals surface area (Å²) >= 11 is 0. The van der Waals surface area contributed by atoms with Gasteiger partial charge in [-0.05, 0) is 32.1 Å². The van der Waals surface area contributed by atoms with Gasteiger partial charge >= 0.3 is 0 Å². The van der Waals surface area contributed by atoms with Crippen LogP contribution < -0.4 is 5.32 Å². The number of likely N-dealkylation sites (tertiary alicyclic amines) is 2. The van der Waals surface area contributed by atoms with Gasteiger partial charge in [0.1, 0.15) is 0 Å². The second kappa shape index (κ2) is 9.57. The first-order valence-electron chi connectivity index (χ1n) is 10.8. The summed E-state index contributed by atoms with van der Waals surface area (Å²) in [6, 6.07) is 0.511. The number of carbonyl (C=O) groups excluding carboxylic acids is 2. The van der Waals surface area contributed by atoms with E-state index in [0.717, 1.165) is 97.3 Å². The van der Waals surface area contributed by atoms with E-state index < -0.39 is 0 Å². The van der Waals surface area contributed by atoms with Crippen LogP contribution in [0.5, 0.6) is 0 Å². The van der Waals surface area contributed by atoms with Gasteiger partial charge in [-0.15, -0.1) is 12.4 Å². The van der Waals surface area contributed by atoms with Crippen molar-refractivity contribution in [1.29, 1.82) is 0 Å². The van der Waals surface area contributed by atoms with E-state index in [2.05, 4.69) is 15.1 Å². The number of nitrogens with zero attached hydrogens (tertiary/aromatic N) is 3. The van der Waals surface area contributed by atoms with E-state index in [9.17, 15) is 9.59 Å². The summed E-state index contributed by atoms with van der Waals surface area (Å²) in [4.78, 5) is 32.9. The highest BCUT2D eigenvalue weighted by Gasteiger charge is 2.42. The van der Waals surface area contributed by atoms with Crippen LogP contribution in [0.15, 0.2) is 0 Å². The second-order valence-corrected chi connectivity index (χ2v) is 8.54. The molecule has 154 valence electrons. The van der Waals surface area contributed by atoms with Gasteiger partial charge in [0.25, 0.3) is 0 Å². The molecule has 6 nitrogen and oxygen atoms in total. The van der Waals surface area contributed by atoms with Crippen LogP contribution in [-0.2, 0) is 9.59 Å². The third-order valence-corrected chi connectivity index (χ3v) is 6.96. The maximum Gasteiger partial charge on any atom is 0.226 e. The molecule has 3 heterocycles. The number of rotatable bonds is 3. The molecule has 3 atom stereocenters. The van der Waals surface area contributed by atoms with Crippen LogP contribution in [0.4, 0.5) is 0 Å². The quantitative estimate of drug-likeness (QED) is 0.779. The van der Waals surface area contributed by atoms with Gasteiger partial charge in [0, 0.05) is 70.2 Å².